The predicted octanol–water partition coefficient (Wildman–Crippen LogP) is 5.81. The number of nitrogens with zero attached hydrogens (tertiary/aromatic N) is 1. The smallest absolute Gasteiger partial charge is 0.267 e. The van der Waals surface area contributed by atoms with Crippen LogP contribution in [0.15, 0.2) is 53.9 Å². The van der Waals surface area contributed by atoms with Gasteiger partial charge in [-0.25, -0.2) is 4.98 Å². The van der Waals surface area contributed by atoms with Crippen molar-refractivity contribution < 1.29 is 9.53 Å². The van der Waals surface area contributed by atoms with Crippen LogP contribution in [0.25, 0.3) is 10.2 Å². The molecular weight excluding hydrogens is 376 g/mol. The molecule has 0 aliphatic rings. The van der Waals surface area contributed by atoms with Gasteiger partial charge in [-0.2, -0.15) is 0 Å². The van der Waals surface area contributed by atoms with Crippen molar-refractivity contribution in [1.29, 1.82) is 0 Å². The molecule has 0 spiro atoms. The summed E-state index contributed by atoms with van der Waals surface area (Å²) >= 11 is 2.90. The van der Waals surface area contributed by atoms with Crippen LogP contribution >= 0.6 is 22.7 Å². The first-order valence-corrected chi connectivity index (χ1v) is 10.2. The van der Waals surface area contributed by atoms with E-state index in [2.05, 4.69) is 10.3 Å². The lowest BCUT2D eigenvalue weighted by atomic mass is 10.2. The van der Waals surface area contributed by atoms with Crippen molar-refractivity contribution in [3.05, 3.63) is 75.5 Å². The number of aromatic nitrogens is 1. The number of aryl methyl sites for hydroxylation is 2. The predicted molar refractivity (Wildman–Crippen MR) is 112 cm³/mol. The van der Waals surface area contributed by atoms with Gasteiger partial charge in [-0.15, -0.1) is 11.3 Å². The van der Waals surface area contributed by atoms with E-state index in [1.807, 2.05) is 67.8 Å². The molecule has 2 aromatic carbocycles. The average Bonchev–Trinajstić information content (AvgIpc) is 3.29. The van der Waals surface area contributed by atoms with Gasteiger partial charge in [0.05, 0.1) is 15.1 Å². The molecule has 0 aliphatic heterocycles. The molecule has 0 saturated carbocycles. The van der Waals surface area contributed by atoms with Gasteiger partial charge in [-0.05, 0) is 49.1 Å². The van der Waals surface area contributed by atoms with E-state index < -0.39 is 0 Å². The Morgan fingerprint density at radius 3 is 2.74 bits per heavy atom. The van der Waals surface area contributed by atoms with Gasteiger partial charge in [0.25, 0.3) is 5.91 Å². The van der Waals surface area contributed by atoms with E-state index in [9.17, 15) is 4.79 Å². The number of rotatable bonds is 5. The van der Waals surface area contributed by atoms with Gasteiger partial charge >= 0.3 is 0 Å². The molecule has 0 bridgehead atoms. The normalized spacial score (nSPS) is 10.9. The third-order valence-corrected chi connectivity index (χ3v) is 6.06. The van der Waals surface area contributed by atoms with Gasteiger partial charge in [0.2, 0.25) is 0 Å². The second-order valence-corrected chi connectivity index (χ2v) is 8.26. The SMILES string of the molecule is Cc1ccc(OCc2csc(C(=O)Nc3nc4c(C)cccc4s3)c2)cc1. The summed E-state index contributed by atoms with van der Waals surface area (Å²) in [7, 11) is 0. The molecule has 2 heterocycles. The molecule has 0 aliphatic carbocycles. The molecule has 6 heteroatoms. The summed E-state index contributed by atoms with van der Waals surface area (Å²) in [4.78, 5) is 17.7. The number of thiazole rings is 1. The van der Waals surface area contributed by atoms with E-state index in [0.29, 0.717) is 16.6 Å². The highest BCUT2D eigenvalue weighted by molar-refractivity contribution is 7.22. The number of carbonyl (C=O) groups excluding carboxylic acids is 1. The molecule has 2 aromatic heterocycles. The van der Waals surface area contributed by atoms with Crippen LogP contribution in [0.3, 0.4) is 0 Å². The third-order valence-electron chi connectivity index (χ3n) is 4.15. The number of benzene rings is 2. The summed E-state index contributed by atoms with van der Waals surface area (Å²) in [6, 6.07) is 15.8. The molecule has 1 N–H and O–H groups in total. The Morgan fingerprint density at radius 1 is 1.15 bits per heavy atom. The fraction of sp³-hybridized carbons (Fsp3) is 0.143. The van der Waals surface area contributed by atoms with Gasteiger partial charge in [0, 0.05) is 5.56 Å². The molecule has 4 rings (SSSR count). The fourth-order valence-electron chi connectivity index (χ4n) is 2.67. The zero-order valence-electron chi connectivity index (χ0n) is 15.0. The highest BCUT2D eigenvalue weighted by atomic mass is 32.1. The number of ether oxygens (including phenoxy) is 1. The van der Waals surface area contributed by atoms with Gasteiger partial charge in [0.15, 0.2) is 5.13 Å². The molecule has 0 unspecified atom stereocenters. The number of carbonyl (C=O) groups is 1. The maximum absolute atomic E-state index is 12.5. The van der Waals surface area contributed by atoms with Crippen molar-refractivity contribution in [2.24, 2.45) is 0 Å². The first kappa shape index (κ1) is 17.7. The van der Waals surface area contributed by atoms with Crippen molar-refractivity contribution in [2.45, 2.75) is 20.5 Å². The number of hydrogen-bond donors (Lipinski definition) is 1. The van der Waals surface area contributed by atoms with Crippen LogP contribution in [0.5, 0.6) is 5.75 Å². The molecule has 4 nitrogen and oxygen atoms in total. The minimum absolute atomic E-state index is 0.140. The Balaban J connectivity index is 1.41. The second-order valence-electron chi connectivity index (χ2n) is 6.32. The van der Waals surface area contributed by atoms with Gasteiger partial charge in [-0.3, -0.25) is 10.1 Å². The molecule has 0 atom stereocenters. The van der Waals surface area contributed by atoms with Crippen molar-refractivity contribution in [3.63, 3.8) is 0 Å². The van der Waals surface area contributed by atoms with Crippen LogP contribution in [0, 0.1) is 13.8 Å². The molecule has 136 valence electrons. The Morgan fingerprint density at radius 2 is 1.96 bits per heavy atom. The number of fused-ring (bicyclic) bond motifs is 1. The second kappa shape index (κ2) is 7.50. The van der Waals surface area contributed by atoms with E-state index >= 15 is 0 Å². The van der Waals surface area contributed by atoms with Crippen LogP contribution in [0.1, 0.15) is 26.4 Å². The first-order valence-electron chi connectivity index (χ1n) is 8.53. The lowest BCUT2D eigenvalue weighted by Crippen LogP contribution is -2.09. The van der Waals surface area contributed by atoms with Gasteiger partial charge < -0.3 is 4.74 Å². The molecular formula is C21H18N2O2S2. The summed E-state index contributed by atoms with van der Waals surface area (Å²) in [5.41, 5.74) is 4.22. The third kappa shape index (κ3) is 4.02. The Kier molecular flexibility index (Phi) is 4.92. The Labute approximate surface area is 165 Å². The lowest BCUT2D eigenvalue weighted by molar-refractivity contribution is 0.103. The van der Waals surface area contributed by atoms with Crippen molar-refractivity contribution >= 4 is 43.9 Å². The topological polar surface area (TPSA) is 51.2 Å². The van der Waals surface area contributed by atoms with Gasteiger partial charge in [-0.1, -0.05) is 41.2 Å². The Bertz CT molecular complexity index is 1100. The molecule has 0 radical (unpaired) electrons. The lowest BCUT2D eigenvalue weighted by Gasteiger charge is -2.04. The number of anilines is 1. The molecule has 0 fully saturated rings. The van der Waals surface area contributed by atoms with Crippen LogP contribution in [-0.2, 0) is 6.61 Å². The summed E-state index contributed by atoms with van der Waals surface area (Å²) in [6.07, 6.45) is 0. The van der Waals surface area contributed by atoms with E-state index in [0.717, 1.165) is 27.1 Å². The summed E-state index contributed by atoms with van der Waals surface area (Å²) in [5.74, 6) is 0.681. The van der Waals surface area contributed by atoms with E-state index in [1.165, 1.54) is 28.2 Å². The molecule has 1 amide bonds. The standard InChI is InChI=1S/C21H18N2O2S2/c1-13-6-8-16(9-7-13)25-11-15-10-18(26-12-15)20(24)23-21-22-19-14(2)4-3-5-17(19)27-21/h3-10,12H,11H2,1-2H3,(H,22,23,24). The number of nitrogens with one attached hydrogen (secondary N) is 1. The summed E-state index contributed by atoms with van der Waals surface area (Å²) in [5, 5.41) is 5.48. The quantitative estimate of drug-likeness (QED) is 0.465. The number of amides is 1. The number of hydrogen-bond acceptors (Lipinski definition) is 5. The van der Waals surface area contributed by atoms with E-state index in [1.54, 1.807) is 0 Å². The maximum atomic E-state index is 12.5. The van der Waals surface area contributed by atoms with Crippen LogP contribution in [0.4, 0.5) is 5.13 Å². The average molecular weight is 395 g/mol. The maximum Gasteiger partial charge on any atom is 0.267 e. The van der Waals surface area contributed by atoms with Crippen LogP contribution in [0.2, 0.25) is 0 Å². The van der Waals surface area contributed by atoms with Crippen molar-refractivity contribution in [3.8, 4) is 5.75 Å². The van der Waals surface area contributed by atoms with Crippen LogP contribution in [-0.4, -0.2) is 10.9 Å². The molecule has 4 aromatic rings. The van der Waals surface area contributed by atoms with Crippen LogP contribution < -0.4 is 10.1 Å². The zero-order chi connectivity index (χ0) is 18.8. The first-order chi connectivity index (χ1) is 13.1. The van der Waals surface area contributed by atoms with Crippen molar-refractivity contribution in [1.82, 2.24) is 4.98 Å². The summed E-state index contributed by atoms with van der Waals surface area (Å²) in [6.45, 7) is 4.50. The minimum atomic E-state index is -0.140. The zero-order valence-corrected chi connectivity index (χ0v) is 16.6. The highest BCUT2D eigenvalue weighted by Gasteiger charge is 2.13. The van der Waals surface area contributed by atoms with E-state index in [-0.39, 0.29) is 5.91 Å². The van der Waals surface area contributed by atoms with Crippen molar-refractivity contribution in [2.75, 3.05) is 5.32 Å². The van der Waals surface area contributed by atoms with E-state index in [4.69, 9.17) is 4.74 Å². The minimum Gasteiger partial charge on any atom is -0.489 e. The summed E-state index contributed by atoms with van der Waals surface area (Å²) < 4.78 is 6.85. The molecule has 0 saturated heterocycles. The fourth-order valence-corrected chi connectivity index (χ4v) is 4.40. The molecule has 27 heavy (non-hydrogen) atoms. The van der Waals surface area contributed by atoms with Gasteiger partial charge in [0.1, 0.15) is 12.4 Å². The monoisotopic (exact) mass is 394 g/mol. The highest BCUT2D eigenvalue weighted by Crippen LogP contribution is 2.28. The number of thiophene rings is 1. The number of para-hydroxylation sites is 1. The largest absolute Gasteiger partial charge is 0.489 e. The Hall–Kier alpha value is -2.70.